The van der Waals surface area contributed by atoms with E-state index in [2.05, 4.69) is 5.32 Å². The van der Waals surface area contributed by atoms with Gasteiger partial charge in [0.1, 0.15) is 0 Å². The van der Waals surface area contributed by atoms with Gasteiger partial charge in [-0.2, -0.15) is 0 Å². The first-order chi connectivity index (χ1) is 5.27. The van der Waals surface area contributed by atoms with Crippen molar-refractivity contribution in [3.8, 4) is 0 Å². The molecule has 0 fully saturated rings. The number of carbonyl (C=O) groups is 1. The highest BCUT2D eigenvalue weighted by atomic mass is 16.1. The summed E-state index contributed by atoms with van der Waals surface area (Å²) in [5, 5.41) is 2.77. The molecule has 0 saturated carbocycles. The molecule has 1 heterocycles. The first kappa shape index (κ1) is 6.40. The minimum absolute atomic E-state index is 0.0590. The number of aryl methyl sites for hydroxylation is 1. The summed E-state index contributed by atoms with van der Waals surface area (Å²) in [5.74, 6) is 0.0590. The van der Waals surface area contributed by atoms with Crippen LogP contribution in [0.3, 0.4) is 0 Å². The van der Waals surface area contributed by atoms with E-state index in [1.165, 1.54) is 0 Å². The molecule has 56 valence electrons. The van der Waals surface area contributed by atoms with Crippen molar-refractivity contribution in [2.45, 2.75) is 13.5 Å². The van der Waals surface area contributed by atoms with E-state index < -0.39 is 0 Å². The minimum atomic E-state index is 0.0590. The average Bonchev–Trinajstić information content (AvgIpc) is 2.33. The molecular formula is C9H9NO. The lowest BCUT2D eigenvalue weighted by atomic mass is 10.1. The molecule has 11 heavy (non-hydrogen) atoms. The maximum atomic E-state index is 11.1. The number of rotatable bonds is 0. The third-order valence-corrected chi connectivity index (χ3v) is 1.95. The van der Waals surface area contributed by atoms with E-state index >= 15 is 0 Å². The van der Waals surface area contributed by atoms with Gasteiger partial charge in [-0.05, 0) is 18.6 Å². The average molecular weight is 147 g/mol. The zero-order valence-electron chi connectivity index (χ0n) is 6.35. The van der Waals surface area contributed by atoms with Gasteiger partial charge in [-0.1, -0.05) is 17.7 Å². The Morgan fingerprint density at radius 1 is 1.45 bits per heavy atom. The Balaban J connectivity index is 2.60. The molecule has 0 radical (unpaired) electrons. The fourth-order valence-corrected chi connectivity index (χ4v) is 1.33. The number of carbonyl (C=O) groups excluding carboxylic acids is 1. The van der Waals surface area contributed by atoms with Crippen LogP contribution in [0.4, 0.5) is 0 Å². The lowest BCUT2D eigenvalue weighted by Gasteiger charge is -1.95. The third kappa shape index (κ3) is 0.909. The van der Waals surface area contributed by atoms with E-state index in [-0.39, 0.29) is 5.91 Å². The number of fused-ring (bicyclic) bond motifs is 1. The number of amides is 1. The second-order valence-electron chi connectivity index (χ2n) is 2.84. The van der Waals surface area contributed by atoms with Crippen molar-refractivity contribution in [1.82, 2.24) is 5.32 Å². The predicted octanol–water partition coefficient (Wildman–Crippen LogP) is 1.24. The summed E-state index contributed by atoms with van der Waals surface area (Å²) in [4.78, 5) is 11.1. The van der Waals surface area contributed by atoms with Crippen LogP contribution in [0.2, 0.25) is 0 Å². The zero-order chi connectivity index (χ0) is 7.84. The van der Waals surface area contributed by atoms with Crippen molar-refractivity contribution in [2.75, 3.05) is 0 Å². The zero-order valence-corrected chi connectivity index (χ0v) is 6.35. The largest absolute Gasteiger partial charge is 0.348 e. The molecule has 0 spiro atoms. The molecule has 1 aliphatic rings. The van der Waals surface area contributed by atoms with Gasteiger partial charge < -0.3 is 5.32 Å². The number of hydrogen-bond donors (Lipinski definition) is 1. The molecule has 0 saturated heterocycles. The van der Waals surface area contributed by atoms with Crippen molar-refractivity contribution in [2.24, 2.45) is 0 Å². The molecule has 2 rings (SSSR count). The number of hydrogen-bond acceptors (Lipinski definition) is 1. The summed E-state index contributed by atoms with van der Waals surface area (Å²) in [6.07, 6.45) is 0. The van der Waals surface area contributed by atoms with E-state index in [4.69, 9.17) is 0 Å². The van der Waals surface area contributed by atoms with Gasteiger partial charge in [0.25, 0.3) is 5.91 Å². The Labute approximate surface area is 65.2 Å². The summed E-state index contributed by atoms with van der Waals surface area (Å²) in [6.45, 7) is 2.68. The van der Waals surface area contributed by atoms with Crippen LogP contribution in [-0.4, -0.2) is 5.91 Å². The molecule has 1 aromatic carbocycles. The van der Waals surface area contributed by atoms with Crippen molar-refractivity contribution in [3.63, 3.8) is 0 Å². The molecule has 1 aromatic rings. The molecular weight excluding hydrogens is 138 g/mol. The van der Waals surface area contributed by atoms with Gasteiger partial charge in [-0.25, -0.2) is 0 Å². The fraction of sp³-hybridized carbons (Fsp3) is 0.222. The highest BCUT2D eigenvalue weighted by Crippen LogP contribution is 2.16. The summed E-state index contributed by atoms with van der Waals surface area (Å²) >= 11 is 0. The van der Waals surface area contributed by atoms with Gasteiger partial charge in [0.2, 0.25) is 0 Å². The predicted molar refractivity (Wildman–Crippen MR) is 42.3 cm³/mol. The maximum Gasteiger partial charge on any atom is 0.251 e. The Hall–Kier alpha value is -1.31. The van der Waals surface area contributed by atoms with Crippen LogP contribution in [0.5, 0.6) is 0 Å². The Morgan fingerprint density at radius 2 is 2.27 bits per heavy atom. The van der Waals surface area contributed by atoms with Crippen molar-refractivity contribution in [3.05, 3.63) is 34.9 Å². The summed E-state index contributed by atoms with van der Waals surface area (Å²) in [5.41, 5.74) is 3.09. The number of nitrogens with one attached hydrogen (secondary N) is 1. The van der Waals surface area contributed by atoms with Crippen LogP contribution in [-0.2, 0) is 6.54 Å². The van der Waals surface area contributed by atoms with Gasteiger partial charge in [0, 0.05) is 12.1 Å². The van der Waals surface area contributed by atoms with E-state index in [1.54, 1.807) is 0 Å². The Bertz CT molecular complexity index is 317. The summed E-state index contributed by atoms with van der Waals surface area (Å²) < 4.78 is 0. The van der Waals surface area contributed by atoms with Crippen LogP contribution in [0.1, 0.15) is 21.5 Å². The topological polar surface area (TPSA) is 29.1 Å². The molecule has 2 heteroatoms. The number of benzene rings is 1. The molecule has 0 bridgehead atoms. The van der Waals surface area contributed by atoms with Gasteiger partial charge in [-0.15, -0.1) is 0 Å². The second-order valence-corrected chi connectivity index (χ2v) is 2.84. The van der Waals surface area contributed by atoms with Crippen LogP contribution >= 0.6 is 0 Å². The standard InChI is InChI=1S/C9H9NO/c1-6-2-3-7-5-10-9(11)8(7)4-6/h2-4H,5H2,1H3,(H,10,11). The SMILES string of the molecule is Cc1ccc2c(c1)C(=O)NC2. The van der Waals surface area contributed by atoms with E-state index in [9.17, 15) is 4.79 Å². The fourth-order valence-electron chi connectivity index (χ4n) is 1.33. The first-order valence-electron chi connectivity index (χ1n) is 3.65. The van der Waals surface area contributed by atoms with Crippen molar-refractivity contribution >= 4 is 5.91 Å². The summed E-state index contributed by atoms with van der Waals surface area (Å²) in [7, 11) is 0. The Morgan fingerprint density at radius 3 is 3.09 bits per heavy atom. The highest BCUT2D eigenvalue weighted by Gasteiger charge is 2.17. The van der Waals surface area contributed by atoms with Gasteiger partial charge in [0.05, 0.1) is 0 Å². The molecule has 0 unspecified atom stereocenters. The Kier molecular flexibility index (Phi) is 1.22. The van der Waals surface area contributed by atoms with Gasteiger partial charge in [0.15, 0.2) is 0 Å². The molecule has 2 nitrogen and oxygen atoms in total. The van der Waals surface area contributed by atoms with E-state index in [1.807, 2.05) is 25.1 Å². The third-order valence-electron chi connectivity index (χ3n) is 1.95. The minimum Gasteiger partial charge on any atom is -0.348 e. The second kappa shape index (κ2) is 2.09. The van der Waals surface area contributed by atoms with Crippen LogP contribution in [0.25, 0.3) is 0 Å². The summed E-state index contributed by atoms with van der Waals surface area (Å²) in [6, 6.07) is 5.96. The molecule has 0 aromatic heterocycles. The van der Waals surface area contributed by atoms with Crippen molar-refractivity contribution < 1.29 is 4.79 Å². The molecule has 0 atom stereocenters. The molecule has 1 amide bonds. The van der Waals surface area contributed by atoms with Crippen LogP contribution in [0.15, 0.2) is 18.2 Å². The van der Waals surface area contributed by atoms with Gasteiger partial charge >= 0.3 is 0 Å². The van der Waals surface area contributed by atoms with Crippen LogP contribution < -0.4 is 5.32 Å². The lowest BCUT2D eigenvalue weighted by molar-refractivity contribution is 0.0965. The first-order valence-corrected chi connectivity index (χ1v) is 3.65. The van der Waals surface area contributed by atoms with E-state index in [0.717, 1.165) is 16.7 Å². The van der Waals surface area contributed by atoms with E-state index in [0.29, 0.717) is 6.54 Å². The molecule has 0 aliphatic carbocycles. The quantitative estimate of drug-likeness (QED) is 0.587. The molecule has 1 aliphatic heterocycles. The highest BCUT2D eigenvalue weighted by molar-refractivity contribution is 5.98. The maximum absolute atomic E-state index is 11.1. The smallest absolute Gasteiger partial charge is 0.251 e. The monoisotopic (exact) mass is 147 g/mol. The lowest BCUT2D eigenvalue weighted by Crippen LogP contribution is -2.12. The van der Waals surface area contributed by atoms with Gasteiger partial charge in [-0.3, -0.25) is 4.79 Å². The van der Waals surface area contributed by atoms with Crippen molar-refractivity contribution in [1.29, 1.82) is 0 Å². The van der Waals surface area contributed by atoms with Crippen LogP contribution in [0, 0.1) is 6.92 Å². The normalized spacial score (nSPS) is 14.5. The molecule has 1 N–H and O–H groups in total.